The third kappa shape index (κ3) is 5.95. The van der Waals surface area contributed by atoms with Crippen LogP contribution in [0.1, 0.15) is 51.7 Å². The second-order valence-electron chi connectivity index (χ2n) is 15.6. The van der Waals surface area contributed by atoms with E-state index in [1.54, 1.807) is 0 Å². The smallest absolute Gasteiger partial charge is 0.256 e. The molecule has 7 aromatic rings. The minimum Gasteiger partial charge on any atom is -0.458 e. The van der Waals surface area contributed by atoms with Gasteiger partial charge in [0.15, 0.2) is 0 Å². The van der Waals surface area contributed by atoms with Gasteiger partial charge in [0.05, 0.1) is 0 Å². The Hall–Kier alpha value is -5.80. The number of aryl methyl sites for hydroxylation is 1. The van der Waals surface area contributed by atoms with E-state index < -0.39 is 0 Å². The highest BCUT2D eigenvalue weighted by Crippen LogP contribution is 2.45. The topological polar surface area (TPSA) is 12.5 Å². The van der Waals surface area contributed by atoms with Crippen molar-refractivity contribution in [3.8, 4) is 44.9 Å². The lowest BCUT2D eigenvalue weighted by Crippen LogP contribution is -2.59. The molecule has 0 saturated heterocycles. The van der Waals surface area contributed by atoms with Crippen LogP contribution in [-0.2, 0) is 11.8 Å². The molecule has 0 aliphatic carbocycles. The van der Waals surface area contributed by atoms with Crippen LogP contribution in [0.2, 0.25) is 0 Å². The normalized spacial score (nSPS) is 12.8. The number of anilines is 3. The first kappa shape index (κ1) is 33.1. The molecular formula is C50H44BNO. The van der Waals surface area contributed by atoms with Gasteiger partial charge in [-0.1, -0.05) is 155 Å². The summed E-state index contributed by atoms with van der Waals surface area (Å²) in [6.07, 6.45) is 3.27. The van der Waals surface area contributed by atoms with Gasteiger partial charge in [0, 0.05) is 17.1 Å². The summed E-state index contributed by atoms with van der Waals surface area (Å²) in [6.45, 7) is 9.19. The van der Waals surface area contributed by atoms with Gasteiger partial charge in [0.1, 0.15) is 11.5 Å². The van der Waals surface area contributed by atoms with Gasteiger partial charge in [-0.25, -0.2) is 0 Å². The predicted octanol–water partition coefficient (Wildman–Crippen LogP) is 11.7. The van der Waals surface area contributed by atoms with Crippen LogP contribution in [-0.4, -0.2) is 6.71 Å². The zero-order chi connectivity index (χ0) is 36.1. The van der Waals surface area contributed by atoms with Crippen LogP contribution >= 0.6 is 0 Å². The van der Waals surface area contributed by atoms with Gasteiger partial charge in [-0.15, -0.1) is 0 Å². The second kappa shape index (κ2) is 13.3. The Labute approximate surface area is 314 Å². The van der Waals surface area contributed by atoms with Crippen molar-refractivity contribution in [2.75, 3.05) is 4.90 Å². The zero-order valence-electron chi connectivity index (χ0n) is 31.1. The molecule has 2 nitrogen and oxygen atoms in total. The SMILES string of the molecule is CCCCc1cc(-c2ccccc2)ccc1N1c2ccc(-c3ccccc3)cc2B2c3cc(-c4ccccc4)ccc3Oc3cc(C(C)(C)C)cc1c32. The van der Waals surface area contributed by atoms with Crippen LogP contribution in [0.15, 0.2) is 158 Å². The number of hydrogen-bond donors (Lipinski definition) is 0. The second-order valence-corrected chi connectivity index (χ2v) is 15.6. The molecule has 9 rings (SSSR count). The number of unbranched alkanes of at least 4 members (excludes halogenated alkanes) is 1. The Kier molecular flexibility index (Phi) is 8.31. The molecule has 0 saturated carbocycles. The van der Waals surface area contributed by atoms with Crippen LogP contribution in [0.3, 0.4) is 0 Å². The first-order valence-corrected chi connectivity index (χ1v) is 19.1. The molecule has 0 N–H and O–H groups in total. The molecule has 2 heterocycles. The Bertz CT molecular complexity index is 2450. The summed E-state index contributed by atoms with van der Waals surface area (Å²) in [4.78, 5) is 2.56. The van der Waals surface area contributed by atoms with E-state index in [1.165, 1.54) is 78.0 Å². The van der Waals surface area contributed by atoms with Crippen molar-refractivity contribution in [3.63, 3.8) is 0 Å². The molecule has 3 heteroatoms. The molecule has 0 spiro atoms. The van der Waals surface area contributed by atoms with Crippen molar-refractivity contribution in [3.05, 3.63) is 169 Å². The van der Waals surface area contributed by atoms with Crippen molar-refractivity contribution in [2.24, 2.45) is 0 Å². The van der Waals surface area contributed by atoms with Crippen molar-refractivity contribution < 1.29 is 4.74 Å². The lowest BCUT2D eigenvalue weighted by Gasteiger charge is -2.42. The average molecular weight is 686 g/mol. The molecule has 0 fully saturated rings. The summed E-state index contributed by atoms with van der Waals surface area (Å²) in [7, 11) is 0. The van der Waals surface area contributed by atoms with Crippen molar-refractivity contribution in [1.82, 2.24) is 0 Å². The molecule has 0 amide bonds. The maximum Gasteiger partial charge on any atom is 0.256 e. The Morgan fingerprint density at radius 2 is 1.06 bits per heavy atom. The van der Waals surface area contributed by atoms with Gasteiger partial charge in [-0.05, 0) is 116 Å². The minimum atomic E-state index is -0.0762. The maximum atomic E-state index is 7.01. The highest BCUT2D eigenvalue weighted by molar-refractivity contribution is 6.99. The quantitative estimate of drug-likeness (QED) is 0.155. The average Bonchev–Trinajstić information content (AvgIpc) is 3.20. The van der Waals surface area contributed by atoms with E-state index >= 15 is 0 Å². The van der Waals surface area contributed by atoms with Crippen LogP contribution < -0.4 is 26.0 Å². The number of nitrogens with zero attached hydrogens (tertiary/aromatic N) is 1. The zero-order valence-corrected chi connectivity index (χ0v) is 31.1. The van der Waals surface area contributed by atoms with Gasteiger partial charge in [-0.2, -0.15) is 0 Å². The van der Waals surface area contributed by atoms with E-state index in [1.807, 2.05) is 0 Å². The van der Waals surface area contributed by atoms with Crippen LogP contribution in [0.4, 0.5) is 17.1 Å². The maximum absolute atomic E-state index is 7.01. The molecule has 0 radical (unpaired) electrons. The fourth-order valence-electron chi connectivity index (χ4n) is 8.25. The Morgan fingerprint density at radius 3 is 1.64 bits per heavy atom. The number of hydrogen-bond acceptors (Lipinski definition) is 2. The highest BCUT2D eigenvalue weighted by atomic mass is 16.5. The number of ether oxygens (including phenoxy) is 1. The first-order chi connectivity index (χ1) is 25.9. The molecule has 258 valence electrons. The van der Waals surface area contributed by atoms with Crippen LogP contribution in [0.25, 0.3) is 33.4 Å². The van der Waals surface area contributed by atoms with Gasteiger partial charge in [-0.3, -0.25) is 0 Å². The summed E-state index contributed by atoms with van der Waals surface area (Å²) in [5.41, 5.74) is 17.3. The van der Waals surface area contributed by atoms with E-state index in [2.05, 4.69) is 190 Å². The molecule has 0 aromatic heterocycles. The number of fused-ring (bicyclic) bond motifs is 4. The number of rotatable bonds is 7. The molecular weight excluding hydrogens is 641 g/mol. The highest BCUT2D eigenvalue weighted by Gasteiger charge is 2.43. The minimum absolute atomic E-state index is 0.000901. The molecule has 2 aliphatic heterocycles. The Morgan fingerprint density at radius 1 is 0.509 bits per heavy atom. The fourth-order valence-corrected chi connectivity index (χ4v) is 8.25. The van der Waals surface area contributed by atoms with Gasteiger partial charge in [0.25, 0.3) is 6.71 Å². The molecule has 0 atom stereocenters. The molecule has 7 aromatic carbocycles. The van der Waals surface area contributed by atoms with Gasteiger partial charge >= 0.3 is 0 Å². The third-order valence-electron chi connectivity index (χ3n) is 11.1. The molecule has 0 bridgehead atoms. The lowest BCUT2D eigenvalue weighted by atomic mass is 9.34. The monoisotopic (exact) mass is 685 g/mol. The van der Waals surface area contributed by atoms with E-state index in [9.17, 15) is 0 Å². The van der Waals surface area contributed by atoms with Gasteiger partial charge in [0.2, 0.25) is 0 Å². The largest absolute Gasteiger partial charge is 0.458 e. The van der Waals surface area contributed by atoms with Gasteiger partial charge < -0.3 is 9.64 Å². The van der Waals surface area contributed by atoms with E-state index in [0.29, 0.717) is 0 Å². The number of benzene rings is 7. The molecule has 2 aliphatic rings. The van der Waals surface area contributed by atoms with Crippen molar-refractivity contribution in [2.45, 2.75) is 52.4 Å². The van der Waals surface area contributed by atoms with E-state index in [-0.39, 0.29) is 12.1 Å². The summed E-state index contributed by atoms with van der Waals surface area (Å²) >= 11 is 0. The standard InChI is InChI=1S/C50H44BNO/c1-5-6-16-40-29-37(34-17-10-7-11-18-34)23-26-44(40)52-45-27-24-38(35-19-12-8-13-20-35)30-42(45)51-43-31-39(36-21-14-9-15-22-36)25-28-47(43)53-48-33-41(50(2,3)4)32-46(52)49(48)51/h7-15,17-33H,5-6,16H2,1-4H3. The molecule has 53 heavy (non-hydrogen) atoms. The fraction of sp³-hybridized carbons (Fsp3) is 0.160. The van der Waals surface area contributed by atoms with E-state index in [4.69, 9.17) is 4.74 Å². The summed E-state index contributed by atoms with van der Waals surface area (Å²) in [5.74, 6) is 1.88. The third-order valence-corrected chi connectivity index (χ3v) is 11.1. The van der Waals surface area contributed by atoms with Crippen LogP contribution in [0.5, 0.6) is 11.5 Å². The first-order valence-electron chi connectivity index (χ1n) is 19.1. The van der Waals surface area contributed by atoms with E-state index in [0.717, 1.165) is 30.8 Å². The lowest BCUT2D eigenvalue weighted by molar-refractivity contribution is 0.483. The van der Waals surface area contributed by atoms with Crippen molar-refractivity contribution in [1.29, 1.82) is 0 Å². The molecule has 0 unspecified atom stereocenters. The Balaban J connectivity index is 1.33. The summed E-state index contributed by atoms with van der Waals surface area (Å²) in [5, 5.41) is 0. The summed E-state index contributed by atoms with van der Waals surface area (Å²) < 4.78 is 7.01. The van der Waals surface area contributed by atoms with Crippen LogP contribution in [0, 0.1) is 0 Å². The predicted molar refractivity (Wildman–Crippen MR) is 226 cm³/mol. The van der Waals surface area contributed by atoms with Crippen molar-refractivity contribution >= 4 is 40.2 Å². The summed E-state index contributed by atoms with van der Waals surface area (Å²) in [6, 6.07) is 58.0.